The molecule has 1 aliphatic heterocycles. The molecule has 3 aromatic carbocycles. The number of likely N-dealkylation sites (tertiary alicyclic amines) is 1. The number of nitrogens with one attached hydrogen (secondary N) is 2. The molecule has 0 spiro atoms. The number of benzene rings is 3. The van der Waals surface area contributed by atoms with Crippen molar-refractivity contribution in [3.8, 4) is 5.75 Å². The molecular formula is C29H33N3O4. The third kappa shape index (κ3) is 6.93. The Bertz CT molecular complexity index is 1130. The molecule has 1 heterocycles. The van der Waals surface area contributed by atoms with E-state index in [4.69, 9.17) is 4.74 Å². The van der Waals surface area contributed by atoms with Gasteiger partial charge in [-0.2, -0.15) is 0 Å². The highest BCUT2D eigenvalue weighted by molar-refractivity contribution is 6.04. The lowest BCUT2D eigenvalue weighted by Gasteiger charge is -2.34. The number of nitrogens with zero attached hydrogens (tertiary/aromatic N) is 1. The highest BCUT2D eigenvalue weighted by Gasteiger charge is 2.27. The molecule has 1 fully saturated rings. The molecule has 0 aliphatic carbocycles. The van der Waals surface area contributed by atoms with Gasteiger partial charge >= 0.3 is 0 Å². The van der Waals surface area contributed by atoms with Gasteiger partial charge in [-0.1, -0.05) is 30.3 Å². The lowest BCUT2D eigenvalue weighted by Crippen LogP contribution is -2.40. The van der Waals surface area contributed by atoms with Crippen LogP contribution >= 0.6 is 0 Å². The molecule has 3 aromatic rings. The molecule has 7 heteroatoms. The molecule has 188 valence electrons. The molecule has 3 N–H and O–H groups in total. The molecule has 0 bridgehead atoms. The van der Waals surface area contributed by atoms with E-state index in [1.807, 2.05) is 49.4 Å². The maximum absolute atomic E-state index is 12.6. The van der Waals surface area contributed by atoms with Crippen molar-refractivity contribution in [2.75, 3.05) is 36.9 Å². The molecule has 1 saturated heterocycles. The number of rotatable bonds is 9. The van der Waals surface area contributed by atoms with E-state index in [0.717, 1.165) is 37.2 Å². The van der Waals surface area contributed by atoms with Gasteiger partial charge in [0.1, 0.15) is 5.75 Å². The lowest BCUT2D eigenvalue weighted by molar-refractivity contribution is -0.117. The van der Waals surface area contributed by atoms with E-state index in [1.165, 1.54) is 0 Å². The topological polar surface area (TPSA) is 90.9 Å². The zero-order chi connectivity index (χ0) is 25.3. The average molecular weight is 488 g/mol. The fourth-order valence-corrected chi connectivity index (χ4v) is 4.46. The Hall–Kier alpha value is -3.68. The molecule has 2 amide bonds. The van der Waals surface area contributed by atoms with Crippen molar-refractivity contribution in [2.24, 2.45) is 5.92 Å². The minimum atomic E-state index is -0.465. The van der Waals surface area contributed by atoms with Crippen molar-refractivity contribution in [1.82, 2.24) is 4.90 Å². The van der Waals surface area contributed by atoms with Crippen molar-refractivity contribution >= 4 is 23.2 Å². The molecule has 1 aliphatic rings. The Labute approximate surface area is 212 Å². The second-order valence-corrected chi connectivity index (χ2v) is 9.01. The van der Waals surface area contributed by atoms with Crippen molar-refractivity contribution in [3.05, 3.63) is 90.0 Å². The Kier molecular flexibility index (Phi) is 8.71. The maximum atomic E-state index is 12.6. The highest BCUT2D eigenvalue weighted by Crippen LogP contribution is 2.30. The summed E-state index contributed by atoms with van der Waals surface area (Å²) in [4.78, 5) is 27.2. The number of anilines is 2. The van der Waals surface area contributed by atoms with Crippen LogP contribution in [0.5, 0.6) is 5.75 Å². The van der Waals surface area contributed by atoms with Gasteiger partial charge in [0, 0.05) is 16.9 Å². The normalized spacial score (nSPS) is 15.2. The minimum absolute atomic E-state index is 0.0938. The van der Waals surface area contributed by atoms with Gasteiger partial charge in [-0.05, 0) is 92.9 Å². The molecular weight excluding hydrogens is 454 g/mol. The monoisotopic (exact) mass is 487 g/mol. The van der Waals surface area contributed by atoms with E-state index >= 15 is 0 Å². The first kappa shape index (κ1) is 25.4. The van der Waals surface area contributed by atoms with Gasteiger partial charge in [0.25, 0.3) is 5.91 Å². The predicted octanol–water partition coefficient (Wildman–Crippen LogP) is 4.72. The van der Waals surface area contributed by atoms with Crippen LogP contribution in [0.2, 0.25) is 0 Å². The standard InChI is InChI=1S/C29H33N3O4/c1-2-36-26-14-12-25(13-15-26)31-29(35)23-8-10-24(11-9-23)30-27(33)20-32-18-16-22(17-19-32)28(34)21-6-4-3-5-7-21/h3-15,22,28,34H,2,16-20H2,1H3,(H,30,33)(H,31,35). The van der Waals surface area contributed by atoms with Crippen LogP contribution in [0.3, 0.4) is 0 Å². The smallest absolute Gasteiger partial charge is 0.255 e. The number of ether oxygens (including phenoxy) is 1. The zero-order valence-corrected chi connectivity index (χ0v) is 20.5. The summed E-state index contributed by atoms with van der Waals surface area (Å²) in [7, 11) is 0. The number of carbonyl (C=O) groups is 2. The summed E-state index contributed by atoms with van der Waals surface area (Å²) in [5.41, 5.74) is 2.78. The van der Waals surface area contributed by atoms with Crippen LogP contribution in [0.4, 0.5) is 11.4 Å². The van der Waals surface area contributed by atoms with Crippen LogP contribution in [0, 0.1) is 5.92 Å². The number of hydrogen-bond donors (Lipinski definition) is 3. The van der Waals surface area contributed by atoms with Gasteiger partial charge in [0.2, 0.25) is 5.91 Å². The number of carbonyl (C=O) groups excluding carboxylic acids is 2. The summed E-state index contributed by atoms with van der Waals surface area (Å²) in [6.07, 6.45) is 1.23. The van der Waals surface area contributed by atoms with Gasteiger partial charge in [-0.3, -0.25) is 14.5 Å². The van der Waals surface area contributed by atoms with Crippen LogP contribution in [0.25, 0.3) is 0 Å². The van der Waals surface area contributed by atoms with E-state index in [2.05, 4.69) is 15.5 Å². The molecule has 1 atom stereocenters. The Morgan fingerprint density at radius 1 is 0.917 bits per heavy atom. The highest BCUT2D eigenvalue weighted by atomic mass is 16.5. The van der Waals surface area contributed by atoms with Crippen LogP contribution in [-0.4, -0.2) is 48.1 Å². The number of hydrogen-bond acceptors (Lipinski definition) is 5. The fraction of sp³-hybridized carbons (Fsp3) is 0.310. The zero-order valence-electron chi connectivity index (χ0n) is 20.5. The van der Waals surface area contributed by atoms with E-state index in [9.17, 15) is 14.7 Å². The van der Waals surface area contributed by atoms with Crippen molar-refractivity contribution < 1.29 is 19.4 Å². The molecule has 1 unspecified atom stereocenters. The summed E-state index contributed by atoms with van der Waals surface area (Å²) >= 11 is 0. The van der Waals surface area contributed by atoms with E-state index in [1.54, 1.807) is 36.4 Å². The third-order valence-electron chi connectivity index (χ3n) is 6.44. The molecule has 0 radical (unpaired) electrons. The van der Waals surface area contributed by atoms with Crippen LogP contribution in [-0.2, 0) is 4.79 Å². The largest absolute Gasteiger partial charge is 0.494 e. The molecule has 0 saturated carbocycles. The van der Waals surface area contributed by atoms with E-state index in [0.29, 0.717) is 30.1 Å². The number of amides is 2. The van der Waals surface area contributed by atoms with Gasteiger partial charge < -0.3 is 20.5 Å². The van der Waals surface area contributed by atoms with Gasteiger partial charge in [-0.25, -0.2) is 0 Å². The Morgan fingerprint density at radius 3 is 2.17 bits per heavy atom. The second kappa shape index (κ2) is 12.3. The van der Waals surface area contributed by atoms with Crippen LogP contribution < -0.4 is 15.4 Å². The van der Waals surface area contributed by atoms with E-state index in [-0.39, 0.29) is 17.7 Å². The van der Waals surface area contributed by atoms with Crippen molar-refractivity contribution in [1.29, 1.82) is 0 Å². The number of aliphatic hydroxyl groups excluding tert-OH is 1. The summed E-state index contributed by atoms with van der Waals surface area (Å²) in [5, 5.41) is 16.4. The molecule has 0 aromatic heterocycles. The van der Waals surface area contributed by atoms with Gasteiger partial charge in [0.05, 0.1) is 19.3 Å². The Morgan fingerprint density at radius 2 is 1.53 bits per heavy atom. The molecule has 36 heavy (non-hydrogen) atoms. The number of aliphatic hydroxyl groups is 1. The SMILES string of the molecule is CCOc1ccc(NC(=O)c2ccc(NC(=O)CN3CCC(C(O)c4ccccc4)CC3)cc2)cc1. The first-order chi connectivity index (χ1) is 17.5. The number of piperidine rings is 1. The van der Waals surface area contributed by atoms with Crippen molar-refractivity contribution in [2.45, 2.75) is 25.9 Å². The minimum Gasteiger partial charge on any atom is -0.494 e. The summed E-state index contributed by atoms with van der Waals surface area (Å²) < 4.78 is 5.41. The first-order valence-electron chi connectivity index (χ1n) is 12.4. The quantitative estimate of drug-likeness (QED) is 0.406. The van der Waals surface area contributed by atoms with Crippen LogP contribution in [0.1, 0.15) is 41.8 Å². The first-order valence-corrected chi connectivity index (χ1v) is 12.4. The van der Waals surface area contributed by atoms with Gasteiger partial charge in [0.15, 0.2) is 0 Å². The predicted molar refractivity (Wildman–Crippen MR) is 141 cm³/mol. The Balaban J connectivity index is 1.22. The average Bonchev–Trinajstić information content (AvgIpc) is 2.91. The second-order valence-electron chi connectivity index (χ2n) is 9.01. The summed E-state index contributed by atoms with van der Waals surface area (Å²) in [6, 6.07) is 23.8. The van der Waals surface area contributed by atoms with Gasteiger partial charge in [-0.15, -0.1) is 0 Å². The molecule has 7 nitrogen and oxygen atoms in total. The summed E-state index contributed by atoms with van der Waals surface area (Å²) in [6.45, 7) is 4.35. The third-order valence-corrected chi connectivity index (χ3v) is 6.44. The van der Waals surface area contributed by atoms with E-state index < -0.39 is 6.10 Å². The van der Waals surface area contributed by atoms with Crippen molar-refractivity contribution in [3.63, 3.8) is 0 Å². The van der Waals surface area contributed by atoms with Crippen LogP contribution in [0.15, 0.2) is 78.9 Å². The fourth-order valence-electron chi connectivity index (χ4n) is 4.46. The lowest BCUT2D eigenvalue weighted by atomic mass is 9.87. The maximum Gasteiger partial charge on any atom is 0.255 e. The summed E-state index contributed by atoms with van der Waals surface area (Å²) in [5.74, 6) is 0.638. The molecule has 4 rings (SSSR count).